The normalized spacial score (nSPS) is 17.6. The van der Waals surface area contributed by atoms with Crippen molar-refractivity contribution < 1.29 is 4.39 Å². The lowest BCUT2D eigenvalue weighted by molar-refractivity contribution is 0.220. The Labute approximate surface area is 96.2 Å². The molecule has 88 valence electrons. The molecule has 2 nitrogen and oxygen atoms in total. The summed E-state index contributed by atoms with van der Waals surface area (Å²) in [6.07, 6.45) is 3.84. The molecule has 0 amide bonds. The summed E-state index contributed by atoms with van der Waals surface area (Å²) in [6.45, 7) is 3.58. The van der Waals surface area contributed by atoms with Gasteiger partial charge in [0.15, 0.2) is 0 Å². The van der Waals surface area contributed by atoms with Crippen molar-refractivity contribution in [3.05, 3.63) is 35.1 Å². The van der Waals surface area contributed by atoms with Crippen LogP contribution in [-0.4, -0.2) is 18.0 Å². The Bertz CT molecular complexity index is 346. The maximum Gasteiger partial charge on any atom is 0.123 e. The summed E-state index contributed by atoms with van der Waals surface area (Å²) in [4.78, 5) is 2.39. The number of halogens is 1. The molecule has 1 aromatic carbocycles. The largest absolute Gasteiger partial charge is 0.326 e. The molecule has 16 heavy (non-hydrogen) atoms. The molecule has 2 N–H and O–H groups in total. The van der Waals surface area contributed by atoms with Crippen molar-refractivity contribution in [2.75, 3.05) is 13.1 Å². The van der Waals surface area contributed by atoms with Gasteiger partial charge >= 0.3 is 0 Å². The Hall–Kier alpha value is -0.930. The fourth-order valence-electron chi connectivity index (χ4n) is 2.30. The molecule has 3 heteroatoms. The van der Waals surface area contributed by atoms with Crippen molar-refractivity contribution >= 4 is 0 Å². The standard InChI is InChI=1S/C13H19FN2/c14-13-5-4-11(9-15)12(8-13)10-16-6-2-1-3-7-16/h4-5,8H,1-3,6-7,9-10,15H2. The monoisotopic (exact) mass is 222 g/mol. The minimum absolute atomic E-state index is 0.163. The van der Waals surface area contributed by atoms with E-state index < -0.39 is 0 Å². The topological polar surface area (TPSA) is 29.3 Å². The quantitative estimate of drug-likeness (QED) is 0.850. The summed E-state index contributed by atoms with van der Waals surface area (Å²) >= 11 is 0. The van der Waals surface area contributed by atoms with Crippen LogP contribution in [0.2, 0.25) is 0 Å². The van der Waals surface area contributed by atoms with E-state index in [1.54, 1.807) is 12.1 Å². The number of nitrogens with zero attached hydrogens (tertiary/aromatic N) is 1. The molecule has 1 saturated heterocycles. The zero-order valence-corrected chi connectivity index (χ0v) is 9.58. The molecule has 0 saturated carbocycles. The van der Waals surface area contributed by atoms with Crippen LogP contribution in [-0.2, 0) is 13.1 Å². The van der Waals surface area contributed by atoms with E-state index in [4.69, 9.17) is 5.73 Å². The van der Waals surface area contributed by atoms with E-state index in [1.807, 2.05) is 0 Å². The predicted molar refractivity (Wildman–Crippen MR) is 63.4 cm³/mol. The lowest BCUT2D eigenvalue weighted by Gasteiger charge is -2.27. The van der Waals surface area contributed by atoms with Gasteiger partial charge in [-0.25, -0.2) is 4.39 Å². The van der Waals surface area contributed by atoms with E-state index in [-0.39, 0.29) is 5.82 Å². The summed E-state index contributed by atoms with van der Waals surface area (Å²) < 4.78 is 13.2. The first-order valence-electron chi connectivity index (χ1n) is 5.99. The highest BCUT2D eigenvalue weighted by Crippen LogP contribution is 2.17. The predicted octanol–water partition coefficient (Wildman–Crippen LogP) is 2.27. The van der Waals surface area contributed by atoms with Crippen LogP contribution < -0.4 is 5.73 Å². The third-order valence-electron chi connectivity index (χ3n) is 3.23. The molecule has 0 aliphatic carbocycles. The van der Waals surface area contributed by atoms with Gasteiger partial charge in [-0.2, -0.15) is 0 Å². The van der Waals surface area contributed by atoms with Crippen LogP contribution in [0, 0.1) is 5.82 Å². The molecule has 1 fully saturated rings. The summed E-state index contributed by atoms with van der Waals surface area (Å²) in [7, 11) is 0. The highest BCUT2D eigenvalue weighted by Gasteiger charge is 2.12. The van der Waals surface area contributed by atoms with Crippen molar-refractivity contribution in [1.82, 2.24) is 4.90 Å². The van der Waals surface area contributed by atoms with Gasteiger partial charge in [-0.1, -0.05) is 12.5 Å². The third-order valence-corrected chi connectivity index (χ3v) is 3.23. The van der Waals surface area contributed by atoms with Crippen LogP contribution in [0.5, 0.6) is 0 Å². The number of hydrogen-bond acceptors (Lipinski definition) is 2. The van der Waals surface area contributed by atoms with Crippen LogP contribution in [0.4, 0.5) is 4.39 Å². The Morgan fingerprint density at radius 1 is 1.12 bits per heavy atom. The Balaban J connectivity index is 2.09. The third kappa shape index (κ3) is 2.80. The second kappa shape index (κ2) is 5.41. The molecule has 0 spiro atoms. The van der Waals surface area contributed by atoms with Gasteiger partial charge in [0.2, 0.25) is 0 Å². The molecule has 1 aromatic rings. The van der Waals surface area contributed by atoms with Gasteiger partial charge in [-0.05, 0) is 49.2 Å². The number of nitrogens with two attached hydrogens (primary N) is 1. The molecular weight excluding hydrogens is 203 g/mol. The van der Waals surface area contributed by atoms with Crippen LogP contribution >= 0.6 is 0 Å². The van der Waals surface area contributed by atoms with E-state index in [0.29, 0.717) is 6.54 Å². The zero-order chi connectivity index (χ0) is 11.4. The van der Waals surface area contributed by atoms with Gasteiger partial charge in [0.25, 0.3) is 0 Å². The van der Waals surface area contributed by atoms with Gasteiger partial charge in [-0.3, -0.25) is 4.90 Å². The molecule has 1 aliphatic rings. The van der Waals surface area contributed by atoms with Crippen LogP contribution in [0.1, 0.15) is 30.4 Å². The number of piperidine rings is 1. The molecule has 0 bridgehead atoms. The molecule has 1 aliphatic heterocycles. The van der Waals surface area contributed by atoms with Crippen LogP contribution in [0.3, 0.4) is 0 Å². The highest BCUT2D eigenvalue weighted by molar-refractivity contribution is 5.27. The Morgan fingerprint density at radius 3 is 2.56 bits per heavy atom. The van der Waals surface area contributed by atoms with Crippen LogP contribution in [0.15, 0.2) is 18.2 Å². The first kappa shape index (κ1) is 11.6. The Kier molecular flexibility index (Phi) is 3.91. The van der Waals surface area contributed by atoms with E-state index in [2.05, 4.69) is 4.90 Å². The Morgan fingerprint density at radius 2 is 1.88 bits per heavy atom. The SMILES string of the molecule is NCc1ccc(F)cc1CN1CCCCC1. The number of rotatable bonds is 3. The molecule has 0 unspecified atom stereocenters. The molecule has 0 radical (unpaired) electrons. The second-order valence-corrected chi connectivity index (χ2v) is 4.45. The molecule has 0 aromatic heterocycles. The molecule has 0 atom stereocenters. The summed E-state index contributed by atoms with van der Waals surface area (Å²) in [6, 6.07) is 4.91. The molecule has 2 rings (SSSR count). The van der Waals surface area contributed by atoms with Crippen molar-refractivity contribution in [1.29, 1.82) is 0 Å². The lowest BCUT2D eigenvalue weighted by Crippen LogP contribution is -2.29. The van der Waals surface area contributed by atoms with Crippen molar-refractivity contribution in [3.63, 3.8) is 0 Å². The number of likely N-dealkylation sites (tertiary alicyclic amines) is 1. The van der Waals surface area contributed by atoms with Crippen molar-refractivity contribution in [2.24, 2.45) is 5.73 Å². The van der Waals surface area contributed by atoms with Gasteiger partial charge in [0, 0.05) is 13.1 Å². The van der Waals surface area contributed by atoms with Gasteiger partial charge < -0.3 is 5.73 Å². The fraction of sp³-hybridized carbons (Fsp3) is 0.538. The summed E-state index contributed by atoms with van der Waals surface area (Å²) in [5.41, 5.74) is 7.77. The van der Waals surface area contributed by atoms with Gasteiger partial charge in [-0.15, -0.1) is 0 Å². The maximum atomic E-state index is 13.2. The second-order valence-electron chi connectivity index (χ2n) is 4.45. The van der Waals surface area contributed by atoms with Gasteiger partial charge in [0.1, 0.15) is 5.82 Å². The maximum absolute atomic E-state index is 13.2. The van der Waals surface area contributed by atoms with E-state index in [0.717, 1.165) is 30.8 Å². The lowest BCUT2D eigenvalue weighted by atomic mass is 10.0. The first-order valence-corrected chi connectivity index (χ1v) is 5.99. The minimum atomic E-state index is -0.163. The van der Waals surface area contributed by atoms with E-state index in [1.165, 1.54) is 25.3 Å². The summed E-state index contributed by atoms with van der Waals surface area (Å²) in [5.74, 6) is -0.163. The molecular formula is C13H19FN2. The van der Waals surface area contributed by atoms with E-state index >= 15 is 0 Å². The number of hydrogen-bond donors (Lipinski definition) is 1. The van der Waals surface area contributed by atoms with Crippen LogP contribution in [0.25, 0.3) is 0 Å². The van der Waals surface area contributed by atoms with Crippen molar-refractivity contribution in [2.45, 2.75) is 32.4 Å². The average Bonchev–Trinajstić information content (AvgIpc) is 2.31. The number of benzene rings is 1. The minimum Gasteiger partial charge on any atom is -0.326 e. The first-order chi connectivity index (χ1) is 7.79. The van der Waals surface area contributed by atoms with Gasteiger partial charge in [0.05, 0.1) is 0 Å². The zero-order valence-electron chi connectivity index (χ0n) is 9.58. The molecule has 1 heterocycles. The summed E-state index contributed by atoms with van der Waals surface area (Å²) in [5, 5.41) is 0. The van der Waals surface area contributed by atoms with E-state index in [9.17, 15) is 4.39 Å². The fourth-order valence-corrected chi connectivity index (χ4v) is 2.30. The highest BCUT2D eigenvalue weighted by atomic mass is 19.1. The smallest absolute Gasteiger partial charge is 0.123 e. The van der Waals surface area contributed by atoms with Crippen molar-refractivity contribution in [3.8, 4) is 0 Å². The average molecular weight is 222 g/mol.